The van der Waals surface area contributed by atoms with Crippen LogP contribution in [0.2, 0.25) is 0 Å². The Labute approximate surface area is 124 Å². The molecule has 1 aromatic carbocycles. The van der Waals surface area contributed by atoms with Gasteiger partial charge in [-0.15, -0.1) is 0 Å². The van der Waals surface area contributed by atoms with Crippen molar-refractivity contribution in [2.24, 2.45) is 0 Å². The maximum absolute atomic E-state index is 13.3. The molecule has 1 atom stereocenters. The maximum Gasteiger partial charge on any atom is 0.126 e. The highest BCUT2D eigenvalue weighted by Crippen LogP contribution is 2.31. The number of nitrogens with one attached hydrogen (secondary N) is 1. The molecule has 0 amide bonds. The van der Waals surface area contributed by atoms with Crippen LogP contribution in [0.25, 0.3) is 0 Å². The van der Waals surface area contributed by atoms with E-state index in [1.807, 2.05) is 18.7 Å². The molecule has 0 aliphatic heterocycles. The number of rotatable bonds is 6. The lowest BCUT2D eigenvalue weighted by Crippen LogP contribution is -2.24. The Hall–Kier alpha value is -0.610. The third kappa shape index (κ3) is 4.74. The second-order valence-electron chi connectivity index (χ2n) is 5.41. The molecule has 1 aromatic rings. The molecular weight excluding hydrogens is 276 g/mol. The van der Waals surface area contributed by atoms with E-state index < -0.39 is 11.6 Å². The lowest BCUT2D eigenvalue weighted by Gasteiger charge is -2.24. The highest BCUT2D eigenvalue weighted by Gasteiger charge is 2.18. The maximum atomic E-state index is 13.3. The largest absolute Gasteiger partial charge is 0.310 e. The van der Waals surface area contributed by atoms with Crippen LogP contribution in [0.3, 0.4) is 0 Å². The van der Waals surface area contributed by atoms with Gasteiger partial charge in [-0.05, 0) is 37.1 Å². The van der Waals surface area contributed by atoms with Gasteiger partial charge in [-0.25, -0.2) is 8.78 Å². The van der Waals surface area contributed by atoms with Crippen molar-refractivity contribution in [1.29, 1.82) is 0 Å². The van der Waals surface area contributed by atoms with E-state index in [1.165, 1.54) is 44.2 Å². The first kappa shape index (κ1) is 15.8. The first-order valence-electron chi connectivity index (χ1n) is 7.50. The summed E-state index contributed by atoms with van der Waals surface area (Å²) in [5, 5.41) is 4.05. The third-order valence-electron chi connectivity index (χ3n) is 3.79. The van der Waals surface area contributed by atoms with E-state index in [2.05, 4.69) is 5.32 Å². The summed E-state index contributed by atoms with van der Waals surface area (Å²) >= 11 is 1.94. The lowest BCUT2D eigenvalue weighted by molar-refractivity contribution is 0.513. The SMILES string of the molecule is CCNC(CSC1CCCCC1)c1cc(F)cc(F)c1. The van der Waals surface area contributed by atoms with E-state index in [9.17, 15) is 8.78 Å². The minimum absolute atomic E-state index is 0.0251. The van der Waals surface area contributed by atoms with Gasteiger partial charge < -0.3 is 5.32 Å². The summed E-state index contributed by atoms with van der Waals surface area (Å²) in [6, 6.07) is 3.84. The van der Waals surface area contributed by atoms with Crippen LogP contribution in [0, 0.1) is 11.6 Å². The Balaban J connectivity index is 1.98. The topological polar surface area (TPSA) is 12.0 Å². The number of hydrogen-bond donors (Lipinski definition) is 1. The Bertz CT molecular complexity index is 399. The van der Waals surface area contributed by atoms with Crippen molar-refractivity contribution < 1.29 is 8.78 Å². The average molecular weight is 299 g/mol. The predicted octanol–water partition coefficient (Wildman–Crippen LogP) is 4.68. The van der Waals surface area contributed by atoms with E-state index in [1.54, 1.807) is 0 Å². The Kier molecular flexibility index (Phi) is 6.30. The van der Waals surface area contributed by atoms with E-state index >= 15 is 0 Å². The van der Waals surface area contributed by atoms with Gasteiger partial charge in [-0.3, -0.25) is 0 Å². The molecule has 1 aliphatic rings. The van der Waals surface area contributed by atoms with E-state index in [0.29, 0.717) is 10.8 Å². The van der Waals surface area contributed by atoms with Crippen LogP contribution in [-0.2, 0) is 0 Å². The monoisotopic (exact) mass is 299 g/mol. The summed E-state index contributed by atoms with van der Waals surface area (Å²) in [6.45, 7) is 2.82. The first-order valence-corrected chi connectivity index (χ1v) is 8.55. The van der Waals surface area contributed by atoms with Crippen LogP contribution in [0.1, 0.15) is 50.6 Å². The fourth-order valence-electron chi connectivity index (χ4n) is 2.76. The zero-order chi connectivity index (χ0) is 14.4. The minimum atomic E-state index is -0.495. The molecule has 20 heavy (non-hydrogen) atoms. The minimum Gasteiger partial charge on any atom is -0.310 e. The Morgan fingerprint density at radius 1 is 1.15 bits per heavy atom. The van der Waals surface area contributed by atoms with Crippen molar-refractivity contribution in [2.45, 2.75) is 50.3 Å². The van der Waals surface area contributed by atoms with Crippen molar-refractivity contribution in [3.05, 3.63) is 35.4 Å². The Morgan fingerprint density at radius 2 is 1.80 bits per heavy atom. The average Bonchev–Trinajstić information content (AvgIpc) is 2.43. The first-order chi connectivity index (χ1) is 9.69. The molecule has 112 valence electrons. The smallest absolute Gasteiger partial charge is 0.126 e. The summed E-state index contributed by atoms with van der Waals surface area (Å²) in [7, 11) is 0. The Morgan fingerprint density at radius 3 is 2.40 bits per heavy atom. The highest BCUT2D eigenvalue weighted by molar-refractivity contribution is 7.99. The summed E-state index contributed by atoms with van der Waals surface area (Å²) in [5.41, 5.74) is 0.715. The molecule has 0 aromatic heterocycles. The van der Waals surface area contributed by atoms with Crippen molar-refractivity contribution in [1.82, 2.24) is 5.32 Å². The summed E-state index contributed by atoms with van der Waals surface area (Å²) < 4.78 is 26.7. The molecule has 1 N–H and O–H groups in total. The van der Waals surface area contributed by atoms with Crippen LogP contribution >= 0.6 is 11.8 Å². The van der Waals surface area contributed by atoms with E-state index in [-0.39, 0.29) is 6.04 Å². The van der Waals surface area contributed by atoms with Crippen LogP contribution in [0.4, 0.5) is 8.78 Å². The van der Waals surface area contributed by atoms with Gasteiger partial charge in [0.25, 0.3) is 0 Å². The molecular formula is C16H23F2NS. The molecule has 2 rings (SSSR count). The van der Waals surface area contributed by atoms with Crippen LogP contribution < -0.4 is 5.32 Å². The molecule has 0 bridgehead atoms. The highest BCUT2D eigenvalue weighted by atomic mass is 32.2. The van der Waals surface area contributed by atoms with Crippen molar-refractivity contribution in [2.75, 3.05) is 12.3 Å². The van der Waals surface area contributed by atoms with Crippen molar-refractivity contribution in [3.8, 4) is 0 Å². The summed E-state index contributed by atoms with van der Waals surface area (Å²) in [6.07, 6.45) is 6.54. The molecule has 0 saturated heterocycles. The fourth-order valence-corrected chi connectivity index (χ4v) is 4.20. The van der Waals surface area contributed by atoms with Gasteiger partial charge in [0.05, 0.1) is 0 Å². The number of benzene rings is 1. The molecule has 1 nitrogen and oxygen atoms in total. The van der Waals surface area contributed by atoms with Gasteiger partial charge in [0.15, 0.2) is 0 Å². The molecule has 1 unspecified atom stereocenters. The molecule has 1 saturated carbocycles. The van der Waals surface area contributed by atoms with Gasteiger partial charge in [0.2, 0.25) is 0 Å². The van der Waals surface area contributed by atoms with Gasteiger partial charge >= 0.3 is 0 Å². The van der Waals surface area contributed by atoms with Gasteiger partial charge in [0, 0.05) is 23.1 Å². The van der Waals surface area contributed by atoms with Crippen LogP contribution in [0.5, 0.6) is 0 Å². The molecule has 4 heteroatoms. The molecule has 1 aliphatic carbocycles. The molecule has 0 heterocycles. The number of hydrogen-bond acceptors (Lipinski definition) is 2. The second kappa shape index (κ2) is 7.99. The van der Waals surface area contributed by atoms with Gasteiger partial charge in [-0.2, -0.15) is 11.8 Å². The third-order valence-corrected chi connectivity index (χ3v) is 5.26. The quantitative estimate of drug-likeness (QED) is 0.818. The standard InChI is InChI=1S/C16H23F2NS/c1-2-19-16(11-20-15-6-4-3-5-7-15)12-8-13(17)10-14(18)9-12/h8-10,15-16,19H,2-7,11H2,1H3. The van der Waals surface area contributed by atoms with Crippen molar-refractivity contribution >= 4 is 11.8 Å². The summed E-state index contributed by atoms with van der Waals surface area (Å²) in [4.78, 5) is 0. The van der Waals surface area contributed by atoms with Gasteiger partial charge in [-0.1, -0.05) is 26.2 Å². The lowest BCUT2D eigenvalue weighted by atomic mass is 10.0. The van der Waals surface area contributed by atoms with Crippen molar-refractivity contribution in [3.63, 3.8) is 0 Å². The fraction of sp³-hybridized carbons (Fsp3) is 0.625. The van der Waals surface area contributed by atoms with E-state index in [4.69, 9.17) is 0 Å². The molecule has 0 spiro atoms. The second-order valence-corrected chi connectivity index (χ2v) is 6.74. The zero-order valence-corrected chi connectivity index (χ0v) is 12.8. The number of halogens is 2. The van der Waals surface area contributed by atoms with E-state index in [0.717, 1.165) is 18.4 Å². The summed E-state index contributed by atoms with van der Waals surface area (Å²) in [5.74, 6) is -0.113. The number of thioether (sulfide) groups is 1. The molecule has 0 radical (unpaired) electrons. The zero-order valence-electron chi connectivity index (χ0n) is 12.0. The predicted molar refractivity (Wildman–Crippen MR) is 82.1 cm³/mol. The van der Waals surface area contributed by atoms with Gasteiger partial charge in [0.1, 0.15) is 11.6 Å². The molecule has 1 fully saturated rings. The normalized spacial score (nSPS) is 18.1. The van der Waals surface area contributed by atoms with Crippen LogP contribution in [-0.4, -0.2) is 17.5 Å². The van der Waals surface area contributed by atoms with Crippen LogP contribution in [0.15, 0.2) is 18.2 Å².